The minimum Gasteiger partial charge on any atom is -0.393 e. The topological polar surface area (TPSA) is 54.4 Å². The summed E-state index contributed by atoms with van der Waals surface area (Å²) < 4.78 is 22.4. The highest BCUT2D eigenvalue weighted by Crippen LogP contribution is 2.12. The van der Waals surface area contributed by atoms with E-state index in [9.17, 15) is 13.5 Å². The molecule has 3 nitrogen and oxygen atoms in total. The summed E-state index contributed by atoms with van der Waals surface area (Å²) in [5, 5.41) is 9.61. The molecule has 0 aliphatic rings. The van der Waals surface area contributed by atoms with Crippen LogP contribution in [0.4, 0.5) is 0 Å². The molecule has 0 aliphatic carbocycles. The second-order valence-corrected chi connectivity index (χ2v) is 6.08. The molecule has 0 saturated heterocycles. The number of sulfone groups is 1. The van der Waals surface area contributed by atoms with Crippen molar-refractivity contribution >= 4 is 9.84 Å². The maximum absolute atomic E-state index is 11.2. The van der Waals surface area contributed by atoms with Gasteiger partial charge in [0.1, 0.15) is 0 Å². The van der Waals surface area contributed by atoms with Gasteiger partial charge in [-0.05, 0) is 30.5 Å². The summed E-state index contributed by atoms with van der Waals surface area (Å²) in [6, 6.07) is 6.69. The number of hydrogen-bond donors (Lipinski definition) is 1. The molecule has 1 aromatic carbocycles. The molecular weight excluding hydrogens is 224 g/mol. The van der Waals surface area contributed by atoms with Gasteiger partial charge in [0, 0.05) is 6.26 Å². The first-order valence-corrected chi connectivity index (χ1v) is 7.29. The lowest BCUT2D eigenvalue weighted by molar-refractivity contribution is 0.164. The van der Waals surface area contributed by atoms with Crippen LogP contribution in [0.1, 0.15) is 25.3 Å². The van der Waals surface area contributed by atoms with Crippen LogP contribution in [0.25, 0.3) is 0 Å². The van der Waals surface area contributed by atoms with E-state index in [0.29, 0.717) is 11.3 Å². The first-order chi connectivity index (χ1) is 7.43. The molecule has 0 radical (unpaired) electrons. The van der Waals surface area contributed by atoms with Crippen molar-refractivity contribution in [2.24, 2.45) is 0 Å². The third kappa shape index (κ3) is 3.94. The Bertz CT molecular complexity index is 420. The van der Waals surface area contributed by atoms with E-state index in [4.69, 9.17) is 0 Å². The van der Waals surface area contributed by atoms with Crippen molar-refractivity contribution in [1.29, 1.82) is 0 Å². The van der Waals surface area contributed by atoms with Gasteiger partial charge in [0.15, 0.2) is 9.84 Å². The van der Waals surface area contributed by atoms with Gasteiger partial charge in [-0.25, -0.2) is 8.42 Å². The molecule has 0 aromatic heterocycles. The molecule has 90 valence electrons. The predicted octanol–water partition coefficient (Wildman–Crippen LogP) is 1.79. The maximum atomic E-state index is 11.2. The van der Waals surface area contributed by atoms with E-state index in [1.165, 1.54) is 6.26 Å². The van der Waals surface area contributed by atoms with Crippen molar-refractivity contribution in [2.75, 3.05) is 6.26 Å². The van der Waals surface area contributed by atoms with Gasteiger partial charge in [0.2, 0.25) is 0 Å². The van der Waals surface area contributed by atoms with E-state index in [0.717, 1.165) is 18.4 Å². The van der Waals surface area contributed by atoms with Crippen molar-refractivity contribution in [3.05, 3.63) is 29.8 Å². The zero-order chi connectivity index (χ0) is 12.2. The molecule has 1 atom stereocenters. The van der Waals surface area contributed by atoms with Crippen molar-refractivity contribution in [2.45, 2.75) is 37.2 Å². The summed E-state index contributed by atoms with van der Waals surface area (Å²) in [5.41, 5.74) is 0.966. The normalized spacial score (nSPS) is 13.7. The molecule has 4 heteroatoms. The van der Waals surface area contributed by atoms with Gasteiger partial charge >= 0.3 is 0 Å². The molecule has 0 aliphatic heterocycles. The van der Waals surface area contributed by atoms with E-state index >= 15 is 0 Å². The standard InChI is InChI=1S/C12H18O3S/c1-3-4-11(13)9-10-5-7-12(8-6-10)16(2,14)15/h5-8,11,13H,3-4,9H2,1-2H3. The van der Waals surface area contributed by atoms with Gasteiger partial charge in [0.25, 0.3) is 0 Å². The second-order valence-electron chi connectivity index (χ2n) is 4.06. The lowest BCUT2D eigenvalue weighted by atomic mass is 10.1. The van der Waals surface area contributed by atoms with Crippen LogP contribution in [-0.2, 0) is 16.3 Å². The summed E-state index contributed by atoms with van der Waals surface area (Å²) in [6.45, 7) is 2.02. The van der Waals surface area contributed by atoms with Crippen LogP contribution in [0.5, 0.6) is 0 Å². The van der Waals surface area contributed by atoms with Crippen LogP contribution in [0.3, 0.4) is 0 Å². The van der Waals surface area contributed by atoms with Gasteiger partial charge < -0.3 is 5.11 Å². The number of aliphatic hydroxyl groups excluding tert-OH is 1. The fraction of sp³-hybridized carbons (Fsp3) is 0.500. The average molecular weight is 242 g/mol. The quantitative estimate of drug-likeness (QED) is 0.856. The second kappa shape index (κ2) is 5.46. The molecule has 1 aromatic rings. The maximum Gasteiger partial charge on any atom is 0.175 e. The van der Waals surface area contributed by atoms with Crippen LogP contribution in [0.2, 0.25) is 0 Å². The van der Waals surface area contributed by atoms with Crippen LogP contribution < -0.4 is 0 Å². The Morgan fingerprint density at radius 3 is 2.25 bits per heavy atom. The summed E-state index contributed by atoms with van der Waals surface area (Å²) in [5.74, 6) is 0. The van der Waals surface area contributed by atoms with E-state index in [1.54, 1.807) is 24.3 Å². The van der Waals surface area contributed by atoms with Crippen LogP contribution in [0, 0.1) is 0 Å². The largest absolute Gasteiger partial charge is 0.393 e. The summed E-state index contributed by atoms with van der Waals surface area (Å²) in [4.78, 5) is 0.321. The molecule has 0 heterocycles. The predicted molar refractivity (Wildman–Crippen MR) is 64.2 cm³/mol. The average Bonchev–Trinajstić information content (AvgIpc) is 2.17. The summed E-state index contributed by atoms with van der Waals surface area (Å²) >= 11 is 0. The SMILES string of the molecule is CCCC(O)Cc1ccc(S(C)(=O)=O)cc1. The number of hydrogen-bond acceptors (Lipinski definition) is 3. The Hall–Kier alpha value is -0.870. The Labute approximate surface area is 97.0 Å². The monoisotopic (exact) mass is 242 g/mol. The molecule has 0 amide bonds. The van der Waals surface area contributed by atoms with Gasteiger partial charge in [-0.3, -0.25) is 0 Å². The molecule has 1 rings (SSSR count). The van der Waals surface area contributed by atoms with Gasteiger partial charge in [-0.2, -0.15) is 0 Å². The summed E-state index contributed by atoms with van der Waals surface area (Å²) in [6.07, 6.45) is 3.15. The number of aliphatic hydroxyl groups is 1. The van der Waals surface area contributed by atoms with Gasteiger partial charge in [-0.15, -0.1) is 0 Å². The highest BCUT2D eigenvalue weighted by Gasteiger charge is 2.08. The van der Waals surface area contributed by atoms with E-state index in [2.05, 4.69) is 0 Å². The Kier molecular flexibility index (Phi) is 4.50. The van der Waals surface area contributed by atoms with Crippen LogP contribution in [0.15, 0.2) is 29.2 Å². The van der Waals surface area contributed by atoms with Gasteiger partial charge in [-0.1, -0.05) is 25.5 Å². The molecule has 16 heavy (non-hydrogen) atoms. The highest BCUT2D eigenvalue weighted by atomic mass is 32.2. The van der Waals surface area contributed by atoms with Crippen LogP contribution in [-0.4, -0.2) is 25.9 Å². The minimum atomic E-state index is -3.12. The Morgan fingerprint density at radius 2 is 1.81 bits per heavy atom. The van der Waals surface area contributed by atoms with E-state index < -0.39 is 9.84 Å². The number of benzene rings is 1. The van der Waals surface area contributed by atoms with Crippen molar-refractivity contribution in [3.63, 3.8) is 0 Å². The molecule has 1 unspecified atom stereocenters. The zero-order valence-corrected chi connectivity index (χ0v) is 10.5. The molecule has 0 fully saturated rings. The fourth-order valence-corrected chi connectivity index (χ4v) is 2.21. The molecule has 0 saturated carbocycles. The van der Waals surface area contributed by atoms with Crippen molar-refractivity contribution in [3.8, 4) is 0 Å². The molecule has 1 N–H and O–H groups in total. The summed E-state index contributed by atoms with van der Waals surface area (Å²) in [7, 11) is -3.12. The minimum absolute atomic E-state index is 0.321. The van der Waals surface area contributed by atoms with Crippen molar-refractivity contribution in [1.82, 2.24) is 0 Å². The molecule has 0 bridgehead atoms. The first kappa shape index (κ1) is 13.2. The fourth-order valence-electron chi connectivity index (χ4n) is 1.58. The highest BCUT2D eigenvalue weighted by molar-refractivity contribution is 7.90. The lowest BCUT2D eigenvalue weighted by Crippen LogP contribution is -2.09. The number of rotatable bonds is 5. The first-order valence-electron chi connectivity index (χ1n) is 5.40. The Morgan fingerprint density at radius 1 is 1.25 bits per heavy atom. The van der Waals surface area contributed by atoms with Gasteiger partial charge in [0.05, 0.1) is 11.0 Å². The van der Waals surface area contributed by atoms with Crippen LogP contribution >= 0.6 is 0 Å². The van der Waals surface area contributed by atoms with Crippen molar-refractivity contribution < 1.29 is 13.5 Å². The third-order valence-corrected chi connectivity index (χ3v) is 3.57. The Balaban J connectivity index is 2.72. The third-order valence-electron chi connectivity index (χ3n) is 2.44. The molecular formula is C12H18O3S. The van der Waals surface area contributed by atoms with E-state index in [1.807, 2.05) is 6.92 Å². The smallest absolute Gasteiger partial charge is 0.175 e. The zero-order valence-electron chi connectivity index (χ0n) is 9.68. The van der Waals surface area contributed by atoms with E-state index in [-0.39, 0.29) is 6.10 Å². The molecule has 0 spiro atoms. The lowest BCUT2D eigenvalue weighted by Gasteiger charge is -2.09.